The number of anilines is 2. The number of hydrogen-bond donors (Lipinski definition) is 5. The summed E-state index contributed by atoms with van der Waals surface area (Å²) >= 11 is 1.51. The molecule has 4 atom stereocenters. The normalized spacial score (nSPS) is 22.9. The Labute approximate surface area is 202 Å². The summed E-state index contributed by atoms with van der Waals surface area (Å²) in [7, 11) is 0. The zero-order valence-electron chi connectivity index (χ0n) is 19.8. The summed E-state index contributed by atoms with van der Waals surface area (Å²) in [5.74, 6) is 0.452. The summed E-state index contributed by atoms with van der Waals surface area (Å²) in [5.41, 5.74) is 1.10. The maximum absolute atomic E-state index is 10.7. The molecule has 3 heterocycles. The molecule has 1 aliphatic rings. The van der Waals surface area contributed by atoms with Gasteiger partial charge in [-0.15, -0.1) is 11.3 Å². The van der Waals surface area contributed by atoms with Gasteiger partial charge in [-0.25, -0.2) is 9.97 Å². The van der Waals surface area contributed by atoms with Gasteiger partial charge in [0.05, 0.1) is 46.5 Å². The van der Waals surface area contributed by atoms with E-state index in [-0.39, 0.29) is 0 Å². The molecule has 1 aliphatic carbocycles. The summed E-state index contributed by atoms with van der Waals surface area (Å²) < 4.78 is 6.38. The van der Waals surface area contributed by atoms with Crippen LogP contribution in [0.2, 0.25) is 0 Å². The molecular weight excluding hydrogens is 456 g/mol. The van der Waals surface area contributed by atoms with E-state index in [1.54, 1.807) is 26.2 Å². The van der Waals surface area contributed by atoms with Crippen LogP contribution in [-0.2, 0) is 4.74 Å². The monoisotopic (exact) mass is 488 g/mol. The molecule has 0 unspecified atom stereocenters. The Morgan fingerprint density at radius 1 is 1.21 bits per heavy atom. The van der Waals surface area contributed by atoms with Crippen LogP contribution >= 0.6 is 11.3 Å². The minimum atomic E-state index is -1.13. The summed E-state index contributed by atoms with van der Waals surface area (Å²) in [6.45, 7) is 8.81. The van der Waals surface area contributed by atoms with Gasteiger partial charge in [-0.1, -0.05) is 0 Å². The molecule has 0 saturated heterocycles. The molecule has 3 aromatic heterocycles. The van der Waals surface area contributed by atoms with Gasteiger partial charge in [0.25, 0.3) is 0 Å². The first-order chi connectivity index (χ1) is 16.2. The Morgan fingerprint density at radius 2 is 2.00 bits per heavy atom. The lowest BCUT2D eigenvalue weighted by atomic mass is 9.88. The summed E-state index contributed by atoms with van der Waals surface area (Å²) in [4.78, 5) is 18.2. The number of fused-ring (bicyclic) bond motifs is 1. The molecule has 0 aliphatic heterocycles. The van der Waals surface area contributed by atoms with Gasteiger partial charge in [-0.2, -0.15) is 4.98 Å². The molecule has 1 saturated carbocycles. The molecule has 0 radical (unpaired) electrons. The van der Waals surface area contributed by atoms with Crippen LogP contribution in [0.3, 0.4) is 0 Å². The molecule has 0 aromatic carbocycles. The predicted molar refractivity (Wildman–Crippen MR) is 132 cm³/mol. The van der Waals surface area contributed by atoms with Crippen molar-refractivity contribution in [3.05, 3.63) is 24.2 Å². The quantitative estimate of drug-likeness (QED) is 0.284. The number of ether oxygens (including phenoxy) is 1. The number of rotatable bonds is 9. The maximum atomic E-state index is 10.7. The molecule has 34 heavy (non-hydrogen) atoms. The third-order valence-electron chi connectivity index (χ3n) is 6.14. The van der Waals surface area contributed by atoms with Crippen molar-refractivity contribution < 1.29 is 20.1 Å². The van der Waals surface area contributed by atoms with Crippen LogP contribution in [0.5, 0.6) is 0 Å². The Kier molecular flexibility index (Phi) is 7.29. The highest BCUT2D eigenvalue weighted by Gasteiger charge is 2.47. The SMILES string of the molecule is CCOCCNc1nc(C)c(-c2nc3cnccc3s2)c(N[C@@H]2C[C@H](C(C)(C)O)[C@@H](O)[C@H]2O)n1. The van der Waals surface area contributed by atoms with Crippen molar-refractivity contribution in [1.29, 1.82) is 0 Å². The fraction of sp³-hybridized carbons (Fsp3) is 0.565. The van der Waals surface area contributed by atoms with Crippen molar-refractivity contribution in [3.8, 4) is 10.6 Å². The highest BCUT2D eigenvalue weighted by atomic mass is 32.1. The van der Waals surface area contributed by atoms with Gasteiger partial charge in [0.2, 0.25) is 5.95 Å². The van der Waals surface area contributed by atoms with Crippen molar-refractivity contribution in [2.45, 2.75) is 58.0 Å². The second-order valence-electron chi connectivity index (χ2n) is 9.07. The van der Waals surface area contributed by atoms with Crippen molar-refractivity contribution in [2.24, 2.45) is 5.92 Å². The highest BCUT2D eigenvalue weighted by molar-refractivity contribution is 7.21. The summed E-state index contributed by atoms with van der Waals surface area (Å²) in [6.07, 6.45) is 1.71. The molecule has 0 bridgehead atoms. The number of nitrogens with one attached hydrogen (secondary N) is 2. The molecule has 10 nitrogen and oxygen atoms in total. The van der Waals surface area contributed by atoms with Crippen molar-refractivity contribution >= 4 is 33.3 Å². The topological polar surface area (TPSA) is 146 Å². The van der Waals surface area contributed by atoms with Crippen molar-refractivity contribution in [2.75, 3.05) is 30.4 Å². The van der Waals surface area contributed by atoms with Crippen LogP contribution < -0.4 is 10.6 Å². The average Bonchev–Trinajstić information content (AvgIpc) is 3.32. The number of hydrogen-bond acceptors (Lipinski definition) is 11. The van der Waals surface area contributed by atoms with Crippen LogP contribution in [0.1, 0.15) is 32.9 Å². The molecule has 1 fully saturated rings. The minimum absolute atomic E-state index is 0.380. The zero-order valence-corrected chi connectivity index (χ0v) is 20.6. The van der Waals surface area contributed by atoms with E-state index in [0.29, 0.717) is 37.9 Å². The van der Waals surface area contributed by atoms with Crippen molar-refractivity contribution in [1.82, 2.24) is 19.9 Å². The first-order valence-corrected chi connectivity index (χ1v) is 12.3. The fourth-order valence-electron chi connectivity index (χ4n) is 4.33. The van der Waals surface area contributed by atoms with Gasteiger partial charge in [0.1, 0.15) is 22.4 Å². The minimum Gasteiger partial charge on any atom is -0.390 e. The molecule has 4 rings (SSSR count). The average molecular weight is 489 g/mol. The van der Waals surface area contributed by atoms with E-state index in [1.807, 2.05) is 19.9 Å². The molecule has 11 heteroatoms. The van der Waals surface area contributed by atoms with Crippen molar-refractivity contribution in [3.63, 3.8) is 0 Å². The lowest BCUT2D eigenvalue weighted by Crippen LogP contribution is -2.40. The Balaban J connectivity index is 1.70. The second kappa shape index (κ2) is 10.0. The lowest BCUT2D eigenvalue weighted by molar-refractivity contribution is -0.0601. The molecule has 0 spiro atoms. The smallest absolute Gasteiger partial charge is 0.224 e. The zero-order chi connectivity index (χ0) is 24.5. The van der Waals surface area contributed by atoms with Crippen LogP contribution in [0, 0.1) is 12.8 Å². The van der Waals surface area contributed by atoms with E-state index in [2.05, 4.69) is 20.6 Å². The van der Waals surface area contributed by atoms with Crippen LogP contribution in [0.15, 0.2) is 18.5 Å². The third-order valence-corrected chi connectivity index (χ3v) is 7.19. The van der Waals surface area contributed by atoms with Gasteiger partial charge in [0.15, 0.2) is 0 Å². The van der Waals surface area contributed by atoms with Gasteiger partial charge in [-0.05, 0) is 40.2 Å². The van der Waals surface area contributed by atoms with Gasteiger partial charge < -0.3 is 30.7 Å². The Hall–Kier alpha value is -2.44. The Morgan fingerprint density at radius 3 is 2.68 bits per heavy atom. The van der Waals surface area contributed by atoms with E-state index in [0.717, 1.165) is 26.5 Å². The standard InChI is InChI=1S/C23H32N6O4S/c1-5-33-9-8-25-22-26-12(2)17(21-28-15-11-24-7-6-16(15)34-21)20(29-22)27-14-10-13(23(3,4)32)18(30)19(14)31/h6-7,11,13-14,18-19,30-32H,5,8-10H2,1-4H3,(H2,25,26,27,29)/t13-,14+,18+,19-/m0/s1. The molecule has 3 aromatic rings. The molecule has 0 amide bonds. The first-order valence-electron chi connectivity index (χ1n) is 11.4. The summed E-state index contributed by atoms with van der Waals surface area (Å²) in [5, 5.41) is 39.0. The van der Waals surface area contributed by atoms with E-state index >= 15 is 0 Å². The van der Waals surface area contributed by atoms with E-state index in [9.17, 15) is 15.3 Å². The number of thiazole rings is 1. The van der Waals surface area contributed by atoms with E-state index in [4.69, 9.17) is 14.7 Å². The maximum Gasteiger partial charge on any atom is 0.224 e. The van der Waals surface area contributed by atoms with Gasteiger partial charge in [0, 0.05) is 25.3 Å². The Bertz CT molecular complexity index is 1100. The number of aliphatic hydroxyl groups is 3. The third kappa shape index (κ3) is 5.13. The van der Waals surface area contributed by atoms with Crippen LogP contribution in [0.4, 0.5) is 11.8 Å². The molecule has 5 N–H and O–H groups in total. The number of aryl methyl sites for hydroxylation is 1. The number of aromatic nitrogens is 4. The molecular formula is C23H32N6O4S. The number of nitrogens with zero attached hydrogens (tertiary/aromatic N) is 4. The fourth-order valence-corrected chi connectivity index (χ4v) is 5.36. The largest absolute Gasteiger partial charge is 0.390 e. The first kappa shape index (κ1) is 24.7. The van der Waals surface area contributed by atoms with Crippen LogP contribution in [0.25, 0.3) is 20.8 Å². The lowest BCUT2D eigenvalue weighted by Gasteiger charge is -2.28. The van der Waals surface area contributed by atoms with Crippen LogP contribution in [-0.4, -0.2) is 78.9 Å². The highest BCUT2D eigenvalue weighted by Crippen LogP contribution is 2.39. The predicted octanol–water partition coefficient (Wildman–Crippen LogP) is 2.20. The van der Waals surface area contributed by atoms with E-state index in [1.165, 1.54) is 11.3 Å². The number of pyridine rings is 1. The van der Waals surface area contributed by atoms with Gasteiger partial charge in [-0.3, -0.25) is 4.98 Å². The van der Waals surface area contributed by atoms with E-state index < -0.39 is 29.8 Å². The van der Waals surface area contributed by atoms with Gasteiger partial charge >= 0.3 is 0 Å². The summed E-state index contributed by atoms with van der Waals surface area (Å²) in [6, 6.07) is 1.40. The second-order valence-corrected chi connectivity index (χ2v) is 10.1. The molecule has 184 valence electrons. The number of aliphatic hydroxyl groups excluding tert-OH is 2.